The Morgan fingerprint density at radius 2 is 1.59 bits per heavy atom. The van der Waals surface area contributed by atoms with Crippen LogP contribution in [0.5, 0.6) is 0 Å². The van der Waals surface area contributed by atoms with Crippen LogP contribution in [0.15, 0.2) is 29.2 Å². The van der Waals surface area contributed by atoms with Crippen LogP contribution in [0.2, 0.25) is 0 Å². The average Bonchev–Trinajstić information content (AvgIpc) is 2.71. The Kier molecular flexibility index (Phi) is 7.97. The minimum atomic E-state index is -3.69. The van der Waals surface area contributed by atoms with Gasteiger partial charge in [0.1, 0.15) is 0 Å². The molecular weight excluding hydrogens is 400 g/mol. The summed E-state index contributed by atoms with van der Waals surface area (Å²) in [7, 11) is -3.69. The van der Waals surface area contributed by atoms with Crippen LogP contribution in [0, 0.1) is 0 Å². The number of benzene rings is 1. The molecule has 11 heteroatoms. The lowest BCUT2D eigenvalue weighted by Crippen LogP contribution is -2.49. The lowest BCUT2D eigenvalue weighted by Gasteiger charge is -2.33. The molecule has 0 unspecified atom stereocenters. The molecule has 1 aromatic carbocycles. The van der Waals surface area contributed by atoms with Crippen LogP contribution in [0.4, 0.5) is 4.79 Å². The highest BCUT2D eigenvalue weighted by Crippen LogP contribution is 2.18. The van der Waals surface area contributed by atoms with Crippen LogP contribution < -0.4 is 10.6 Å². The molecule has 1 aliphatic rings. The first-order valence-electron chi connectivity index (χ1n) is 9.30. The minimum absolute atomic E-state index is 0.0742. The van der Waals surface area contributed by atoms with Crippen molar-refractivity contribution in [3.63, 3.8) is 0 Å². The van der Waals surface area contributed by atoms with E-state index in [4.69, 9.17) is 4.74 Å². The molecule has 10 nitrogen and oxygen atoms in total. The SMILES string of the molecule is CCOC(=O)NCCNC(=O)c1ccc(S(=O)(=O)N2CCN(C(C)=O)CC2)cc1. The highest BCUT2D eigenvalue weighted by atomic mass is 32.2. The standard InChI is InChI=1S/C18H26N4O6S/c1-3-28-18(25)20-9-8-19-17(24)15-4-6-16(7-5-15)29(26,27)22-12-10-21(11-13-22)14(2)23/h4-7H,3,8-13H2,1-2H3,(H,19,24)(H,20,25). The van der Waals surface area contributed by atoms with E-state index < -0.39 is 16.1 Å². The van der Waals surface area contributed by atoms with Gasteiger partial charge in [-0.15, -0.1) is 0 Å². The lowest BCUT2D eigenvalue weighted by atomic mass is 10.2. The second kappa shape index (κ2) is 10.2. The summed E-state index contributed by atoms with van der Waals surface area (Å²) in [5.74, 6) is -0.454. The van der Waals surface area contributed by atoms with Crippen molar-refractivity contribution in [2.24, 2.45) is 0 Å². The third-order valence-electron chi connectivity index (χ3n) is 4.39. The molecule has 0 spiro atoms. The first kappa shape index (κ1) is 22.6. The van der Waals surface area contributed by atoms with Crippen LogP contribution in [-0.2, 0) is 19.6 Å². The fourth-order valence-corrected chi connectivity index (χ4v) is 4.22. The van der Waals surface area contributed by atoms with Crippen molar-refractivity contribution in [2.45, 2.75) is 18.7 Å². The number of rotatable bonds is 7. The summed E-state index contributed by atoms with van der Waals surface area (Å²) >= 11 is 0. The second-order valence-electron chi connectivity index (χ2n) is 6.34. The molecule has 2 N–H and O–H groups in total. The molecule has 0 atom stereocenters. The van der Waals surface area contributed by atoms with Crippen LogP contribution in [0.1, 0.15) is 24.2 Å². The van der Waals surface area contributed by atoms with Crippen molar-refractivity contribution in [3.8, 4) is 0 Å². The highest BCUT2D eigenvalue weighted by Gasteiger charge is 2.29. The number of carbonyl (C=O) groups excluding carboxylic acids is 3. The summed E-state index contributed by atoms with van der Waals surface area (Å²) < 4.78 is 31.5. The van der Waals surface area contributed by atoms with E-state index in [0.717, 1.165) is 0 Å². The Labute approximate surface area is 170 Å². The smallest absolute Gasteiger partial charge is 0.407 e. The normalized spacial score (nSPS) is 14.9. The molecule has 29 heavy (non-hydrogen) atoms. The topological polar surface area (TPSA) is 125 Å². The van der Waals surface area contributed by atoms with Crippen molar-refractivity contribution in [2.75, 3.05) is 45.9 Å². The third kappa shape index (κ3) is 6.16. The zero-order valence-corrected chi connectivity index (χ0v) is 17.3. The first-order chi connectivity index (χ1) is 13.8. The molecule has 0 saturated carbocycles. The Bertz CT molecular complexity index is 832. The van der Waals surface area contributed by atoms with Gasteiger partial charge in [0.25, 0.3) is 5.91 Å². The fraction of sp³-hybridized carbons (Fsp3) is 0.500. The van der Waals surface area contributed by atoms with Crippen LogP contribution >= 0.6 is 0 Å². The number of hydrogen-bond acceptors (Lipinski definition) is 6. The van der Waals surface area contributed by atoms with Crippen LogP contribution in [0.3, 0.4) is 0 Å². The summed E-state index contributed by atoms with van der Waals surface area (Å²) in [5, 5.41) is 5.11. The number of ether oxygens (including phenoxy) is 1. The second-order valence-corrected chi connectivity index (χ2v) is 8.28. The number of sulfonamides is 1. The van der Waals surface area contributed by atoms with Gasteiger partial charge in [-0.3, -0.25) is 9.59 Å². The maximum Gasteiger partial charge on any atom is 0.407 e. The number of piperazine rings is 1. The summed E-state index contributed by atoms with van der Waals surface area (Å²) in [6.45, 7) is 5.01. The number of nitrogens with one attached hydrogen (secondary N) is 2. The Morgan fingerprint density at radius 1 is 1.00 bits per heavy atom. The van der Waals surface area contributed by atoms with E-state index in [-0.39, 0.29) is 49.5 Å². The molecule has 3 amide bonds. The summed E-state index contributed by atoms with van der Waals surface area (Å²) in [4.78, 5) is 36.3. The van der Waals surface area contributed by atoms with E-state index in [1.165, 1.54) is 35.5 Å². The number of amides is 3. The van der Waals surface area contributed by atoms with Gasteiger partial charge in [0.2, 0.25) is 15.9 Å². The molecule has 1 heterocycles. The Balaban J connectivity index is 1.89. The molecule has 2 rings (SSSR count). The Hall–Kier alpha value is -2.66. The van der Waals surface area contributed by atoms with Crippen molar-refractivity contribution in [1.82, 2.24) is 19.8 Å². The number of nitrogens with zero attached hydrogens (tertiary/aromatic N) is 2. The molecule has 1 fully saturated rings. The van der Waals surface area contributed by atoms with E-state index in [9.17, 15) is 22.8 Å². The van der Waals surface area contributed by atoms with Crippen molar-refractivity contribution < 1.29 is 27.5 Å². The Morgan fingerprint density at radius 3 is 2.14 bits per heavy atom. The fourth-order valence-electron chi connectivity index (χ4n) is 2.80. The van der Waals surface area contributed by atoms with E-state index in [2.05, 4.69) is 10.6 Å². The predicted octanol–water partition coefficient (Wildman–Crippen LogP) is 0.0153. The average molecular weight is 426 g/mol. The van der Waals surface area contributed by atoms with Gasteiger partial charge in [0.15, 0.2) is 0 Å². The first-order valence-corrected chi connectivity index (χ1v) is 10.7. The van der Waals surface area contributed by atoms with Gasteiger partial charge < -0.3 is 20.3 Å². The molecule has 0 aromatic heterocycles. The van der Waals surface area contributed by atoms with E-state index in [1.807, 2.05) is 0 Å². The monoisotopic (exact) mass is 426 g/mol. The molecule has 0 radical (unpaired) electrons. The summed E-state index contributed by atoms with van der Waals surface area (Å²) in [6.07, 6.45) is -0.555. The maximum atomic E-state index is 12.7. The molecule has 1 aromatic rings. The van der Waals surface area contributed by atoms with Gasteiger partial charge in [-0.25, -0.2) is 13.2 Å². The minimum Gasteiger partial charge on any atom is -0.450 e. The van der Waals surface area contributed by atoms with Gasteiger partial charge in [-0.1, -0.05) is 0 Å². The quantitative estimate of drug-likeness (QED) is 0.592. The van der Waals surface area contributed by atoms with E-state index in [0.29, 0.717) is 18.7 Å². The van der Waals surface area contributed by atoms with Gasteiger partial charge in [-0.05, 0) is 31.2 Å². The number of carbonyl (C=O) groups is 3. The van der Waals surface area contributed by atoms with Crippen LogP contribution in [0.25, 0.3) is 0 Å². The van der Waals surface area contributed by atoms with Gasteiger partial charge >= 0.3 is 6.09 Å². The zero-order chi connectivity index (χ0) is 21.4. The van der Waals surface area contributed by atoms with Crippen molar-refractivity contribution >= 4 is 27.9 Å². The van der Waals surface area contributed by atoms with E-state index in [1.54, 1.807) is 11.8 Å². The summed E-state index contributed by atoms with van der Waals surface area (Å²) in [5.41, 5.74) is 0.307. The van der Waals surface area contributed by atoms with Crippen molar-refractivity contribution in [1.29, 1.82) is 0 Å². The van der Waals surface area contributed by atoms with Crippen LogP contribution in [-0.4, -0.2) is 81.4 Å². The molecule has 0 aliphatic carbocycles. The van der Waals surface area contributed by atoms with E-state index >= 15 is 0 Å². The number of hydrogen-bond donors (Lipinski definition) is 2. The predicted molar refractivity (Wildman–Crippen MR) is 105 cm³/mol. The van der Waals surface area contributed by atoms with Gasteiger partial charge in [0, 0.05) is 51.8 Å². The van der Waals surface area contributed by atoms with Gasteiger partial charge in [-0.2, -0.15) is 4.31 Å². The molecular formula is C18H26N4O6S. The van der Waals surface area contributed by atoms with Gasteiger partial charge in [0.05, 0.1) is 11.5 Å². The zero-order valence-electron chi connectivity index (χ0n) is 16.5. The summed E-state index contributed by atoms with van der Waals surface area (Å²) in [6, 6.07) is 5.65. The van der Waals surface area contributed by atoms with Crippen molar-refractivity contribution in [3.05, 3.63) is 29.8 Å². The molecule has 1 aliphatic heterocycles. The third-order valence-corrected chi connectivity index (χ3v) is 6.31. The number of alkyl carbamates (subject to hydrolysis) is 1. The largest absolute Gasteiger partial charge is 0.450 e. The maximum absolute atomic E-state index is 12.7. The lowest BCUT2D eigenvalue weighted by molar-refractivity contribution is -0.129. The highest BCUT2D eigenvalue weighted by molar-refractivity contribution is 7.89. The molecule has 1 saturated heterocycles. The molecule has 0 bridgehead atoms. The molecule has 160 valence electrons.